The molecule has 1 heterocycles. The van der Waals surface area contributed by atoms with Crippen molar-refractivity contribution in [1.82, 2.24) is 5.32 Å². The fourth-order valence-corrected chi connectivity index (χ4v) is 2.35. The number of morpholine rings is 1. The number of rotatable bonds is 7. The van der Waals surface area contributed by atoms with Gasteiger partial charge >= 0.3 is 0 Å². The predicted molar refractivity (Wildman–Crippen MR) is 84.7 cm³/mol. The molecule has 7 heteroatoms. The second-order valence-electron chi connectivity index (χ2n) is 4.96. The van der Waals surface area contributed by atoms with Crippen LogP contribution in [0, 0.1) is 0 Å². The Hall–Kier alpha value is -1.34. The highest BCUT2D eigenvalue weighted by molar-refractivity contribution is 6.32. The van der Waals surface area contributed by atoms with Gasteiger partial charge in [0.25, 0.3) is 0 Å². The van der Waals surface area contributed by atoms with Crippen LogP contribution in [0.1, 0.15) is 6.42 Å². The number of ether oxygens (including phenoxy) is 3. The maximum atomic E-state index is 12.0. The van der Waals surface area contributed by atoms with Gasteiger partial charge in [0.2, 0.25) is 5.91 Å². The maximum absolute atomic E-state index is 12.0. The third-order valence-corrected chi connectivity index (χ3v) is 3.49. The molecule has 0 bridgehead atoms. The monoisotopic (exact) mass is 328 g/mol. The van der Waals surface area contributed by atoms with E-state index < -0.39 is 0 Å². The van der Waals surface area contributed by atoms with E-state index >= 15 is 0 Å². The summed E-state index contributed by atoms with van der Waals surface area (Å²) >= 11 is 6.13. The molecule has 0 radical (unpaired) electrons. The van der Waals surface area contributed by atoms with Crippen LogP contribution in [0.15, 0.2) is 18.2 Å². The standard InChI is InChI=1S/C15H21ClN2O4/c1-20-6-7-22-14-3-2-11(8-13(14)16)18-15(19)9-12-10-21-5-4-17-12/h2-3,8,12,17H,4-7,9-10H2,1H3,(H,18,19). The molecule has 0 saturated carbocycles. The molecule has 6 nitrogen and oxygen atoms in total. The summed E-state index contributed by atoms with van der Waals surface area (Å²) < 4.78 is 15.7. The number of amides is 1. The maximum Gasteiger partial charge on any atom is 0.226 e. The van der Waals surface area contributed by atoms with Crippen LogP contribution in [0.25, 0.3) is 0 Å². The minimum absolute atomic E-state index is 0.0564. The van der Waals surface area contributed by atoms with Gasteiger partial charge in [-0.25, -0.2) is 0 Å². The van der Waals surface area contributed by atoms with E-state index in [0.717, 1.165) is 6.54 Å². The van der Waals surface area contributed by atoms with Gasteiger partial charge in [-0.15, -0.1) is 0 Å². The van der Waals surface area contributed by atoms with E-state index in [-0.39, 0.29) is 11.9 Å². The Morgan fingerprint density at radius 2 is 2.36 bits per heavy atom. The molecule has 1 saturated heterocycles. The first-order valence-electron chi connectivity index (χ1n) is 7.21. The van der Waals surface area contributed by atoms with E-state index in [2.05, 4.69) is 10.6 Å². The zero-order chi connectivity index (χ0) is 15.8. The summed E-state index contributed by atoms with van der Waals surface area (Å²) in [5, 5.41) is 6.52. The van der Waals surface area contributed by atoms with Crippen LogP contribution in [-0.4, -0.2) is 52.0 Å². The van der Waals surface area contributed by atoms with Crippen molar-refractivity contribution in [3.63, 3.8) is 0 Å². The molecular formula is C15H21ClN2O4. The van der Waals surface area contributed by atoms with Gasteiger partial charge in [-0.3, -0.25) is 4.79 Å². The second-order valence-corrected chi connectivity index (χ2v) is 5.37. The van der Waals surface area contributed by atoms with Crippen LogP contribution >= 0.6 is 11.6 Å². The molecule has 122 valence electrons. The summed E-state index contributed by atoms with van der Waals surface area (Å²) in [4.78, 5) is 12.0. The molecule has 1 aromatic carbocycles. The summed E-state index contributed by atoms with van der Waals surface area (Å²) in [6, 6.07) is 5.22. The summed E-state index contributed by atoms with van der Waals surface area (Å²) in [7, 11) is 1.61. The SMILES string of the molecule is COCCOc1ccc(NC(=O)CC2COCCN2)cc1Cl. The van der Waals surface area contributed by atoms with E-state index in [0.29, 0.717) is 49.3 Å². The quantitative estimate of drug-likeness (QED) is 0.745. The molecule has 1 aliphatic heterocycles. The van der Waals surface area contributed by atoms with Gasteiger partial charge in [0.05, 0.1) is 24.8 Å². The van der Waals surface area contributed by atoms with E-state index in [4.69, 9.17) is 25.8 Å². The lowest BCUT2D eigenvalue weighted by atomic mass is 10.2. The normalized spacial score (nSPS) is 18.0. The van der Waals surface area contributed by atoms with E-state index in [1.54, 1.807) is 25.3 Å². The first kappa shape index (κ1) is 17.0. The number of benzene rings is 1. The van der Waals surface area contributed by atoms with E-state index in [1.165, 1.54) is 0 Å². The number of hydrogen-bond donors (Lipinski definition) is 2. The largest absolute Gasteiger partial charge is 0.490 e. The number of nitrogens with one attached hydrogen (secondary N) is 2. The Balaban J connectivity index is 1.84. The van der Waals surface area contributed by atoms with Gasteiger partial charge in [0.15, 0.2) is 0 Å². The molecule has 0 spiro atoms. The van der Waals surface area contributed by atoms with Crippen LogP contribution in [-0.2, 0) is 14.3 Å². The minimum Gasteiger partial charge on any atom is -0.490 e. The minimum atomic E-state index is -0.0767. The van der Waals surface area contributed by atoms with Crippen LogP contribution in [0.4, 0.5) is 5.69 Å². The highest BCUT2D eigenvalue weighted by Gasteiger charge is 2.17. The number of halogens is 1. The van der Waals surface area contributed by atoms with Gasteiger partial charge in [-0.1, -0.05) is 11.6 Å². The van der Waals surface area contributed by atoms with Gasteiger partial charge in [-0.2, -0.15) is 0 Å². The smallest absolute Gasteiger partial charge is 0.226 e. The molecule has 0 aliphatic carbocycles. The molecule has 2 N–H and O–H groups in total. The molecule has 1 amide bonds. The molecule has 1 unspecified atom stereocenters. The highest BCUT2D eigenvalue weighted by atomic mass is 35.5. The van der Waals surface area contributed by atoms with Gasteiger partial charge < -0.3 is 24.8 Å². The molecular weight excluding hydrogens is 308 g/mol. The fraction of sp³-hybridized carbons (Fsp3) is 0.533. The van der Waals surface area contributed by atoms with Crippen molar-refractivity contribution in [1.29, 1.82) is 0 Å². The molecule has 22 heavy (non-hydrogen) atoms. The highest BCUT2D eigenvalue weighted by Crippen LogP contribution is 2.27. The second kappa shape index (κ2) is 8.95. The van der Waals surface area contributed by atoms with Gasteiger partial charge in [0.1, 0.15) is 12.4 Å². The van der Waals surface area contributed by atoms with Gasteiger partial charge in [-0.05, 0) is 18.2 Å². The van der Waals surface area contributed by atoms with Crippen molar-refractivity contribution in [3.8, 4) is 5.75 Å². The first-order chi connectivity index (χ1) is 10.7. The van der Waals surface area contributed by atoms with E-state index in [1.807, 2.05) is 0 Å². The van der Waals surface area contributed by atoms with Crippen molar-refractivity contribution < 1.29 is 19.0 Å². The average Bonchev–Trinajstić information content (AvgIpc) is 2.50. The Morgan fingerprint density at radius 1 is 1.50 bits per heavy atom. The van der Waals surface area contributed by atoms with Crippen LogP contribution in [0.5, 0.6) is 5.75 Å². The number of anilines is 1. The summed E-state index contributed by atoms with van der Waals surface area (Å²) in [6.45, 7) is 2.94. The molecule has 0 aromatic heterocycles. The predicted octanol–water partition coefficient (Wildman–Crippen LogP) is 1.68. The molecule has 1 aromatic rings. The van der Waals surface area contributed by atoms with Gasteiger partial charge in [0, 0.05) is 31.8 Å². The first-order valence-corrected chi connectivity index (χ1v) is 7.59. The number of methoxy groups -OCH3 is 1. The lowest BCUT2D eigenvalue weighted by Gasteiger charge is -2.23. The Bertz CT molecular complexity index is 492. The molecule has 2 rings (SSSR count). The molecule has 1 aliphatic rings. The number of carbonyl (C=O) groups is 1. The lowest BCUT2D eigenvalue weighted by molar-refractivity contribution is -0.117. The van der Waals surface area contributed by atoms with Crippen molar-refractivity contribution >= 4 is 23.2 Å². The van der Waals surface area contributed by atoms with Crippen LogP contribution in [0.3, 0.4) is 0 Å². The van der Waals surface area contributed by atoms with Crippen LogP contribution < -0.4 is 15.4 Å². The summed E-state index contributed by atoms with van der Waals surface area (Å²) in [5.74, 6) is 0.492. The molecule has 1 atom stereocenters. The fourth-order valence-electron chi connectivity index (χ4n) is 2.12. The summed E-state index contributed by atoms with van der Waals surface area (Å²) in [6.07, 6.45) is 0.365. The van der Waals surface area contributed by atoms with Crippen molar-refractivity contribution in [3.05, 3.63) is 23.2 Å². The number of carbonyl (C=O) groups excluding carboxylic acids is 1. The zero-order valence-corrected chi connectivity index (χ0v) is 13.3. The third kappa shape index (κ3) is 5.46. The van der Waals surface area contributed by atoms with Crippen molar-refractivity contribution in [2.24, 2.45) is 0 Å². The third-order valence-electron chi connectivity index (χ3n) is 3.19. The van der Waals surface area contributed by atoms with Crippen molar-refractivity contribution in [2.75, 3.05) is 45.4 Å². The van der Waals surface area contributed by atoms with Crippen LogP contribution in [0.2, 0.25) is 5.02 Å². The Morgan fingerprint density at radius 3 is 3.05 bits per heavy atom. The zero-order valence-electron chi connectivity index (χ0n) is 12.6. The topological polar surface area (TPSA) is 68.8 Å². The van der Waals surface area contributed by atoms with E-state index in [9.17, 15) is 4.79 Å². The Kier molecular flexibility index (Phi) is 6.92. The van der Waals surface area contributed by atoms with Crippen molar-refractivity contribution in [2.45, 2.75) is 12.5 Å². The average molecular weight is 329 g/mol. The molecule has 1 fully saturated rings. The Labute approximate surface area is 135 Å². The number of hydrogen-bond acceptors (Lipinski definition) is 5. The lowest BCUT2D eigenvalue weighted by Crippen LogP contribution is -2.43. The summed E-state index contributed by atoms with van der Waals surface area (Å²) in [5.41, 5.74) is 0.644.